The van der Waals surface area contributed by atoms with Crippen LogP contribution in [-0.4, -0.2) is 41.1 Å². The van der Waals surface area contributed by atoms with E-state index in [0.717, 1.165) is 0 Å². The minimum Gasteiger partial charge on any atom is -0.397 e. The van der Waals surface area contributed by atoms with Crippen LogP contribution in [0.2, 0.25) is 0 Å². The molecule has 0 unspecified atom stereocenters. The molecule has 0 aromatic carbocycles. The molecule has 0 atom stereocenters. The number of pyridine rings is 1. The highest BCUT2D eigenvalue weighted by atomic mass is 16.5. The van der Waals surface area contributed by atoms with E-state index in [2.05, 4.69) is 4.98 Å². The van der Waals surface area contributed by atoms with Crippen molar-refractivity contribution in [3.63, 3.8) is 0 Å². The van der Waals surface area contributed by atoms with Gasteiger partial charge in [-0.25, -0.2) is 4.98 Å². The summed E-state index contributed by atoms with van der Waals surface area (Å²) in [6.45, 7) is 5.61. The predicted molar refractivity (Wildman–Crippen MR) is 64.6 cm³/mol. The standard InChI is InChI=1S/C12H17N3O2/c1-12(2)8-17-7-6-15(12)11(16)10-9(13)4-3-5-14-10/h3-5H,6-8,13H2,1-2H3. The minimum absolute atomic E-state index is 0.128. The summed E-state index contributed by atoms with van der Waals surface area (Å²) in [5.41, 5.74) is 6.19. The molecule has 1 aromatic rings. The quantitative estimate of drug-likeness (QED) is 0.785. The monoisotopic (exact) mass is 235 g/mol. The number of amides is 1. The largest absolute Gasteiger partial charge is 0.397 e. The van der Waals surface area contributed by atoms with E-state index < -0.39 is 0 Å². The molecule has 0 saturated carbocycles. The summed E-state index contributed by atoms with van der Waals surface area (Å²) in [4.78, 5) is 18.2. The van der Waals surface area contributed by atoms with Gasteiger partial charge in [0.2, 0.25) is 0 Å². The van der Waals surface area contributed by atoms with E-state index in [1.54, 1.807) is 23.2 Å². The number of morpholine rings is 1. The van der Waals surface area contributed by atoms with Gasteiger partial charge in [-0.1, -0.05) is 0 Å². The van der Waals surface area contributed by atoms with E-state index in [1.807, 2.05) is 13.8 Å². The molecule has 1 aliphatic rings. The van der Waals surface area contributed by atoms with Crippen LogP contribution in [0.25, 0.3) is 0 Å². The summed E-state index contributed by atoms with van der Waals surface area (Å²) >= 11 is 0. The van der Waals surface area contributed by atoms with Crippen LogP contribution in [0.1, 0.15) is 24.3 Å². The lowest BCUT2D eigenvalue weighted by molar-refractivity contribution is -0.0372. The molecule has 5 nitrogen and oxygen atoms in total. The van der Waals surface area contributed by atoms with Gasteiger partial charge in [-0.3, -0.25) is 4.79 Å². The average molecular weight is 235 g/mol. The molecule has 5 heteroatoms. The molecule has 2 rings (SSSR count). The Morgan fingerprint density at radius 3 is 3.00 bits per heavy atom. The molecule has 0 bridgehead atoms. The molecular weight excluding hydrogens is 218 g/mol. The summed E-state index contributed by atoms with van der Waals surface area (Å²) < 4.78 is 5.39. The van der Waals surface area contributed by atoms with Crippen molar-refractivity contribution in [1.29, 1.82) is 0 Å². The van der Waals surface area contributed by atoms with Gasteiger partial charge in [0, 0.05) is 12.7 Å². The maximum Gasteiger partial charge on any atom is 0.275 e. The second kappa shape index (κ2) is 4.33. The fraction of sp³-hybridized carbons (Fsp3) is 0.500. The number of nitrogens with zero attached hydrogens (tertiary/aromatic N) is 2. The maximum absolute atomic E-state index is 12.4. The summed E-state index contributed by atoms with van der Waals surface area (Å²) in [5.74, 6) is -0.128. The van der Waals surface area contributed by atoms with E-state index in [1.165, 1.54) is 0 Å². The lowest BCUT2D eigenvalue weighted by atomic mass is 10.0. The number of carbonyl (C=O) groups is 1. The molecule has 1 fully saturated rings. The second-order valence-corrected chi connectivity index (χ2v) is 4.76. The average Bonchev–Trinajstić information content (AvgIpc) is 2.28. The van der Waals surface area contributed by atoms with Crippen LogP contribution < -0.4 is 5.73 Å². The molecule has 1 saturated heterocycles. The molecule has 0 spiro atoms. The van der Waals surface area contributed by atoms with Gasteiger partial charge in [0.25, 0.3) is 5.91 Å². The molecule has 17 heavy (non-hydrogen) atoms. The Morgan fingerprint density at radius 2 is 2.35 bits per heavy atom. The van der Waals surface area contributed by atoms with Gasteiger partial charge in [0.1, 0.15) is 0 Å². The van der Waals surface area contributed by atoms with Crippen molar-refractivity contribution in [3.8, 4) is 0 Å². The molecule has 2 N–H and O–H groups in total. The van der Waals surface area contributed by atoms with Crippen LogP contribution in [0.15, 0.2) is 18.3 Å². The van der Waals surface area contributed by atoms with Crippen molar-refractivity contribution in [2.75, 3.05) is 25.5 Å². The Hall–Kier alpha value is -1.62. The van der Waals surface area contributed by atoms with Crippen LogP contribution in [-0.2, 0) is 4.74 Å². The zero-order chi connectivity index (χ0) is 12.5. The highest BCUT2D eigenvalue weighted by Crippen LogP contribution is 2.22. The Bertz CT molecular complexity index is 432. The molecule has 2 heterocycles. The van der Waals surface area contributed by atoms with Gasteiger partial charge < -0.3 is 15.4 Å². The zero-order valence-corrected chi connectivity index (χ0v) is 10.1. The summed E-state index contributed by atoms with van der Waals surface area (Å²) in [7, 11) is 0. The number of aromatic nitrogens is 1. The van der Waals surface area contributed by atoms with Gasteiger partial charge in [0.15, 0.2) is 5.69 Å². The number of hydrogen-bond donors (Lipinski definition) is 1. The van der Waals surface area contributed by atoms with E-state index in [-0.39, 0.29) is 11.4 Å². The summed E-state index contributed by atoms with van der Waals surface area (Å²) in [6, 6.07) is 3.41. The first-order chi connectivity index (χ1) is 8.02. The third-order valence-electron chi connectivity index (χ3n) is 2.93. The molecule has 0 aliphatic carbocycles. The fourth-order valence-electron chi connectivity index (χ4n) is 1.96. The smallest absolute Gasteiger partial charge is 0.275 e. The topological polar surface area (TPSA) is 68.5 Å². The molecule has 1 amide bonds. The zero-order valence-electron chi connectivity index (χ0n) is 10.1. The number of ether oxygens (including phenoxy) is 1. The third kappa shape index (κ3) is 2.24. The van der Waals surface area contributed by atoms with Crippen molar-refractivity contribution in [2.45, 2.75) is 19.4 Å². The lowest BCUT2D eigenvalue weighted by Gasteiger charge is -2.41. The first kappa shape index (κ1) is 11.9. The molecule has 92 valence electrons. The minimum atomic E-state index is -0.320. The number of carbonyl (C=O) groups excluding carboxylic acids is 1. The van der Waals surface area contributed by atoms with E-state index in [9.17, 15) is 4.79 Å². The normalized spacial score (nSPS) is 19.1. The van der Waals surface area contributed by atoms with Crippen LogP contribution in [0.3, 0.4) is 0 Å². The van der Waals surface area contributed by atoms with Crippen molar-refractivity contribution < 1.29 is 9.53 Å². The Morgan fingerprint density at radius 1 is 1.59 bits per heavy atom. The van der Waals surface area contributed by atoms with Gasteiger partial charge >= 0.3 is 0 Å². The third-order valence-corrected chi connectivity index (χ3v) is 2.93. The highest BCUT2D eigenvalue weighted by Gasteiger charge is 2.35. The summed E-state index contributed by atoms with van der Waals surface area (Å²) in [6.07, 6.45) is 1.58. The maximum atomic E-state index is 12.4. The van der Waals surface area contributed by atoms with E-state index in [0.29, 0.717) is 31.1 Å². The predicted octanol–water partition coefficient (Wildman–Crippen LogP) is 0.915. The molecule has 1 aromatic heterocycles. The van der Waals surface area contributed by atoms with E-state index in [4.69, 9.17) is 10.5 Å². The molecule has 1 aliphatic heterocycles. The van der Waals surface area contributed by atoms with Crippen molar-refractivity contribution in [3.05, 3.63) is 24.0 Å². The van der Waals surface area contributed by atoms with Crippen molar-refractivity contribution in [2.24, 2.45) is 0 Å². The SMILES string of the molecule is CC1(C)COCCN1C(=O)c1ncccc1N. The van der Waals surface area contributed by atoms with Gasteiger partial charge in [0.05, 0.1) is 24.4 Å². The van der Waals surface area contributed by atoms with Crippen LogP contribution >= 0.6 is 0 Å². The fourth-order valence-corrected chi connectivity index (χ4v) is 1.96. The van der Waals surface area contributed by atoms with Crippen molar-refractivity contribution >= 4 is 11.6 Å². The number of nitrogen functional groups attached to an aromatic ring is 1. The van der Waals surface area contributed by atoms with Crippen molar-refractivity contribution in [1.82, 2.24) is 9.88 Å². The highest BCUT2D eigenvalue weighted by molar-refractivity contribution is 5.97. The van der Waals surface area contributed by atoms with Gasteiger partial charge in [-0.05, 0) is 26.0 Å². The van der Waals surface area contributed by atoms with Crippen LogP contribution in [0.5, 0.6) is 0 Å². The number of anilines is 1. The first-order valence-corrected chi connectivity index (χ1v) is 5.62. The van der Waals surface area contributed by atoms with Crippen LogP contribution in [0, 0.1) is 0 Å². The number of nitrogens with two attached hydrogens (primary N) is 1. The number of hydrogen-bond acceptors (Lipinski definition) is 4. The second-order valence-electron chi connectivity index (χ2n) is 4.76. The van der Waals surface area contributed by atoms with E-state index >= 15 is 0 Å². The Balaban J connectivity index is 2.28. The first-order valence-electron chi connectivity index (χ1n) is 5.62. The number of rotatable bonds is 1. The molecule has 0 radical (unpaired) electrons. The lowest BCUT2D eigenvalue weighted by Crippen LogP contribution is -2.55. The van der Waals surface area contributed by atoms with Gasteiger partial charge in [-0.2, -0.15) is 0 Å². The molecular formula is C12H17N3O2. The van der Waals surface area contributed by atoms with Gasteiger partial charge in [-0.15, -0.1) is 0 Å². The summed E-state index contributed by atoms with van der Waals surface area (Å²) in [5, 5.41) is 0. The Kier molecular flexibility index (Phi) is 3.02. The van der Waals surface area contributed by atoms with Crippen LogP contribution in [0.4, 0.5) is 5.69 Å². The Labute approximate surface area is 101 Å².